The number of hydrogen-bond donors (Lipinski definition) is 1. The molecule has 1 amide bonds. The first-order valence-corrected chi connectivity index (χ1v) is 4.66. The summed E-state index contributed by atoms with van der Waals surface area (Å²) in [4.78, 5) is 13.2. The Morgan fingerprint density at radius 2 is 2.07 bits per heavy atom. The number of halogens is 1. The Balaban J connectivity index is 2.61. The quantitative estimate of drug-likeness (QED) is 0.830. The van der Waals surface area contributed by atoms with Crippen LogP contribution in [0.2, 0.25) is 5.02 Å². The van der Waals surface area contributed by atoms with Gasteiger partial charge < -0.3 is 10.2 Å². The average Bonchev–Trinajstić information content (AvgIpc) is 2.07. The zero-order valence-corrected chi connectivity index (χ0v) is 9.01. The summed E-state index contributed by atoms with van der Waals surface area (Å²) >= 11 is 5.88. The lowest BCUT2D eigenvalue weighted by Gasteiger charge is -2.10. The summed E-state index contributed by atoms with van der Waals surface area (Å²) in [5.74, 6) is -0.0666. The van der Waals surface area contributed by atoms with Crippen molar-refractivity contribution in [2.75, 3.05) is 26.0 Å². The van der Waals surface area contributed by atoms with Gasteiger partial charge in [-0.05, 0) is 26.2 Å². The number of benzene rings is 1. The van der Waals surface area contributed by atoms with E-state index in [1.807, 2.05) is 26.2 Å². The van der Waals surface area contributed by atoms with Gasteiger partial charge in [0.1, 0.15) is 0 Å². The van der Waals surface area contributed by atoms with Crippen molar-refractivity contribution in [3.8, 4) is 0 Å². The van der Waals surface area contributed by atoms with Gasteiger partial charge in [-0.1, -0.05) is 23.7 Å². The molecule has 0 aliphatic rings. The average molecular weight is 213 g/mol. The summed E-state index contributed by atoms with van der Waals surface area (Å²) in [6.45, 7) is 0.352. The summed E-state index contributed by atoms with van der Waals surface area (Å²) in [7, 11) is 3.68. The van der Waals surface area contributed by atoms with Crippen LogP contribution in [0.5, 0.6) is 0 Å². The third kappa shape index (κ3) is 3.36. The van der Waals surface area contributed by atoms with Crippen LogP contribution in [0.3, 0.4) is 0 Å². The normalized spacial score (nSPS) is 10.3. The highest BCUT2D eigenvalue weighted by Gasteiger charge is 2.05. The van der Waals surface area contributed by atoms with Crippen LogP contribution >= 0.6 is 11.6 Å². The predicted molar refractivity (Wildman–Crippen MR) is 58.6 cm³/mol. The Bertz CT molecular complexity index is 326. The van der Waals surface area contributed by atoms with Crippen LogP contribution in [-0.2, 0) is 4.79 Å². The summed E-state index contributed by atoms with van der Waals surface area (Å²) in [6.07, 6.45) is 0. The fourth-order valence-corrected chi connectivity index (χ4v) is 1.22. The van der Waals surface area contributed by atoms with Crippen LogP contribution in [0.25, 0.3) is 0 Å². The van der Waals surface area contributed by atoms with Crippen molar-refractivity contribution in [1.29, 1.82) is 0 Å². The van der Waals surface area contributed by atoms with E-state index in [-0.39, 0.29) is 5.91 Å². The minimum Gasteiger partial charge on any atom is -0.324 e. The molecule has 1 rings (SSSR count). The fraction of sp³-hybridized carbons (Fsp3) is 0.300. The minimum absolute atomic E-state index is 0.0666. The van der Waals surface area contributed by atoms with Crippen LogP contribution in [0.15, 0.2) is 24.3 Å². The molecule has 0 aliphatic carbocycles. The monoisotopic (exact) mass is 212 g/mol. The van der Waals surface area contributed by atoms with E-state index in [2.05, 4.69) is 5.32 Å². The van der Waals surface area contributed by atoms with Gasteiger partial charge in [-0.3, -0.25) is 4.79 Å². The third-order valence-electron chi connectivity index (χ3n) is 1.61. The number of carbonyl (C=O) groups excluding carboxylic acids is 1. The lowest BCUT2D eigenvalue weighted by atomic mass is 10.3. The van der Waals surface area contributed by atoms with Gasteiger partial charge in [-0.2, -0.15) is 0 Å². The van der Waals surface area contributed by atoms with Gasteiger partial charge >= 0.3 is 0 Å². The summed E-state index contributed by atoms with van der Waals surface area (Å²) in [5, 5.41) is 3.28. The van der Waals surface area contributed by atoms with E-state index in [4.69, 9.17) is 11.6 Å². The SMILES string of the molecule is CN(C)CC(=O)Nc1ccccc1Cl. The molecule has 0 aliphatic heterocycles. The molecule has 0 unspecified atom stereocenters. The number of nitrogens with one attached hydrogen (secondary N) is 1. The predicted octanol–water partition coefficient (Wildman–Crippen LogP) is 1.84. The molecule has 0 aromatic heterocycles. The zero-order valence-electron chi connectivity index (χ0n) is 8.25. The van der Waals surface area contributed by atoms with Crippen molar-refractivity contribution >= 4 is 23.2 Å². The summed E-state index contributed by atoms with van der Waals surface area (Å²) < 4.78 is 0. The molecule has 0 radical (unpaired) electrons. The number of carbonyl (C=O) groups is 1. The summed E-state index contributed by atoms with van der Waals surface area (Å²) in [5.41, 5.74) is 0.654. The molecule has 1 N–H and O–H groups in total. The van der Waals surface area contributed by atoms with Crippen LogP contribution in [0.4, 0.5) is 5.69 Å². The highest BCUT2D eigenvalue weighted by molar-refractivity contribution is 6.33. The molecule has 0 atom stereocenters. The smallest absolute Gasteiger partial charge is 0.238 e. The lowest BCUT2D eigenvalue weighted by Crippen LogP contribution is -2.27. The Morgan fingerprint density at radius 3 is 2.64 bits per heavy atom. The highest BCUT2D eigenvalue weighted by Crippen LogP contribution is 2.19. The molecular weight excluding hydrogens is 200 g/mol. The molecule has 0 heterocycles. The number of amides is 1. The van der Waals surface area contributed by atoms with Crippen molar-refractivity contribution in [2.45, 2.75) is 0 Å². The molecule has 0 fully saturated rings. The second kappa shape index (κ2) is 4.98. The number of hydrogen-bond acceptors (Lipinski definition) is 2. The maximum atomic E-state index is 11.4. The molecular formula is C10H13ClN2O. The Kier molecular flexibility index (Phi) is 3.92. The molecule has 0 saturated carbocycles. The molecule has 3 nitrogen and oxygen atoms in total. The van der Waals surface area contributed by atoms with Crippen molar-refractivity contribution in [3.05, 3.63) is 29.3 Å². The van der Waals surface area contributed by atoms with Gasteiger partial charge in [0.2, 0.25) is 5.91 Å². The molecule has 76 valence electrons. The van der Waals surface area contributed by atoms with Gasteiger partial charge in [0.05, 0.1) is 17.3 Å². The fourth-order valence-electron chi connectivity index (χ4n) is 1.04. The number of nitrogens with zero attached hydrogens (tertiary/aromatic N) is 1. The second-order valence-electron chi connectivity index (χ2n) is 3.27. The first-order valence-electron chi connectivity index (χ1n) is 4.28. The van der Waals surface area contributed by atoms with Crippen molar-refractivity contribution in [1.82, 2.24) is 4.90 Å². The summed E-state index contributed by atoms with van der Waals surface area (Å²) in [6, 6.07) is 7.17. The first-order chi connectivity index (χ1) is 6.59. The highest BCUT2D eigenvalue weighted by atomic mass is 35.5. The van der Waals surface area contributed by atoms with E-state index in [0.717, 1.165) is 0 Å². The lowest BCUT2D eigenvalue weighted by molar-refractivity contribution is -0.116. The molecule has 14 heavy (non-hydrogen) atoms. The van der Waals surface area contributed by atoms with Gasteiger partial charge in [-0.15, -0.1) is 0 Å². The van der Waals surface area contributed by atoms with Gasteiger partial charge in [0, 0.05) is 0 Å². The van der Waals surface area contributed by atoms with Gasteiger partial charge in [0.15, 0.2) is 0 Å². The standard InChI is InChI=1S/C10H13ClN2O/c1-13(2)7-10(14)12-9-6-4-3-5-8(9)11/h3-6H,7H2,1-2H3,(H,12,14). The van der Waals surface area contributed by atoms with Crippen molar-refractivity contribution in [3.63, 3.8) is 0 Å². The van der Waals surface area contributed by atoms with Gasteiger partial charge in [-0.25, -0.2) is 0 Å². The molecule has 1 aromatic rings. The molecule has 0 saturated heterocycles. The van der Waals surface area contributed by atoms with E-state index in [0.29, 0.717) is 17.3 Å². The first kappa shape index (κ1) is 11.0. The topological polar surface area (TPSA) is 32.3 Å². The zero-order chi connectivity index (χ0) is 10.6. The Labute approximate surface area is 88.7 Å². The third-order valence-corrected chi connectivity index (χ3v) is 1.94. The van der Waals surface area contributed by atoms with Crippen LogP contribution in [0, 0.1) is 0 Å². The van der Waals surface area contributed by atoms with Crippen LogP contribution in [0.1, 0.15) is 0 Å². The molecule has 4 heteroatoms. The minimum atomic E-state index is -0.0666. The van der Waals surface area contributed by atoms with Crippen molar-refractivity contribution in [2.24, 2.45) is 0 Å². The molecule has 1 aromatic carbocycles. The van der Waals surface area contributed by atoms with Crippen LogP contribution in [-0.4, -0.2) is 31.4 Å². The maximum absolute atomic E-state index is 11.4. The van der Waals surface area contributed by atoms with E-state index >= 15 is 0 Å². The largest absolute Gasteiger partial charge is 0.324 e. The second-order valence-corrected chi connectivity index (χ2v) is 3.67. The van der Waals surface area contributed by atoms with E-state index < -0.39 is 0 Å². The number of rotatable bonds is 3. The molecule has 0 bridgehead atoms. The Hall–Kier alpha value is -1.06. The van der Waals surface area contributed by atoms with Crippen molar-refractivity contribution < 1.29 is 4.79 Å². The van der Waals surface area contributed by atoms with Crippen LogP contribution < -0.4 is 5.32 Å². The maximum Gasteiger partial charge on any atom is 0.238 e. The van der Waals surface area contributed by atoms with E-state index in [1.54, 1.807) is 17.0 Å². The number of likely N-dealkylation sites (N-methyl/N-ethyl adjacent to an activating group) is 1. The van der Waals surface area contributed by atoms with E-state index in [9.17, 15) is 4.79 Å². The Morgan fingerprint density at radius 1 is 1.43 bits per heavy atom. The number of anilines is 1. The van der Waals surface area contributed by atoms with E-state index in [1.165, 1.54) is 0 Å². The van der Waals surface area contributed by atoms with Gasteiger partial charge in [0.25, 0.3) is 0 Å². The molecule has 0 spiro atoms. The number of para-hydroxylation sites is 1.